The van der Waals surface area contributed by atoms with E-state index in [1.54, 1.807) is 13.8 Å². The maximum absolute atomic E-state index is 8.38. The lowest BCUT2D eigenvalue weighted by atomic mass is 10.2. The van der Waals surface area contributed by atoms with Gasteiger partial charge in [-0.05, 0) is 52.0 Å². The lowest BCUT2D eigenvalue weighted by Gasteiger charge is -2.03. The largest absolute Gasteiger partial charge is 0.391 e. The highest BCUT2D eigenvalue weighted by Gasteiger charge is 1.99. The van der Waals surface area contributed by atoms with E-state index in [0.29, 0.717) is 0 Å². The van der Waals surface area contributed by atoms with Crippen LogP contribution in [-0.2, 0) is 0 Å². The van der Waals surface area contributed by atoms with Gasteiger partial charge in [-0.1, -0.05) is 35.4 Å². The summed E-state index contributed by atoms with van der Waals surface area (Å²) in [5, 5.41) is 16.8. The van der Waals surface area contributed by atoms with Crippen molar-refractivity contribution in [2.24, 2.45) is 0 Å². The molecule has 2 nitrogen and oxygen atoms in total. The Morgan fingerprint density at radius 3 is 1.00 bits per heavy atom. The summed E-state index contributed by atoms with van der Waals surface area (Å²) in [7, 11) is 0. The molecule has 0 spiro atoms. The Balaban J connectivity index is 0.000000306. The number of thiol groups is 2. The van der Waals surface area contributed by atoms with Gasteiger partial charge in [0.05, 0.1) is 12.2 Å². The zero-order valence-electron chi connectivity index (χ0n) is 13.6. The number of aryl methyl sites for hydroxylation is 2. The predicted octanol–water partition coefficient (Wildman–Crippen LogP) is 4.32. The second-order valence-corrected chi connectivity index (χ2v) is 6.19. The minimum Gasteiger partial charge on any atom is -0.391 e. The van der Waals surface area contributed by atoms with Gasteiger partial charge < -0.3 is 10.2 Å². The van der Waals surface area contributed by atoms with Gasteiger partial charge in [0.25, 0.3) is 0 Å². The second kappa shape index (κ2) is 11.6. The van der Waals surface area contributed by atoms with Crippen LogP contribution in [0.3, 0.4) is 0 Å². The van der Waals surface area contributed by atoms with Crippen LogP contribution in [0.25, 0.3) is 0 Å². The minimum atomic E-state index is -0.593. The number of rotatable bonds is 1. The summed E-state index contributed by atoms with van der Waals surface area (Å²) in [6.45, 7) is 7.22. The Kier molecular flexibility index (Phi) is 11.1. The van der Waals surface area contributed by atoms with E-state index in [4.69, 9.17) is 10.2 Å². The predicted molar refractivity (Wildman–Crippen MR) is 100 cm³/mol. The number of hydrogen-bond donors (Lipinski definition) is 4. The van der Waals surface area contributed by atoms with Gasteiger partial charge in [-0.3, -0.25) is 0 Å². The van der Waals surface area contributed by atoms with Crippen LogP contribution in [0.4, 0.5) is 0 Å². The molecular weight excluding hydrogens is 312 g/mol. The van der Waals surface area contributed by atoms with Gasteiger partial charge in [0.2, 0.25) is 0 Å². The highest BCUT2D eigenvalue weighted by atomic mass is 32.1. The van der Waals surface area contributed by atoms with Crippen LogP contribution in [0.15, 0.2) is 58.3 Å². The molecule has 2 aromatic carbocycles. The van der Waals surface area contributed by atoms with Crippen LogP contribution in [0.5, 0.6) is 0 Å². The summed E-state index contributed by atoms with van der Waals surface area (Å²) in [4.78, 5) is 2.05. The zero-order valence-corrected chi connectivity index (χ0v) is 15.4. The third-order valence-electron chi connectivity index (χ3n) is 2.77. The highest BCUT2D eigenvalue weighted by molar-refractivity contribution is 7.80. The van der Waals surface area contributed by atoms with Crippen molar-refractivity contribution >= 4 is 25.3 Å². The quantitative estimate of drug-likeness (QED) is 0.585. The van der Waals surface area contributed by atoms with E-state index in [1.165, 1.54) is 11.1 Å². The number of benzene rings is 2. The van der Waals surface area contributed by atoms with Crippen LogP contribution < -0.4 is 0 Å². The maximum atomic E-state index is 8.38. The van der Waals surface area contributed by atoms with Crippen molar-refractivity contribution in [1.82, 2.24) is 0 Å². The number of aliphatic hydroxyl groups excluding tert-OH is 2. The Morgan fingerprint density at radius 1 is 0.636 bits per heavy atom. The smallest absolute Gasteiger partial charge is 0.0768 e. The molecule has 122 valence electrons. The van der Waals surface area contributed by atoms with Crippen molar-refractivity contribution in [1.29, 1.82) is 0 Å². The molecule has 2 atom stereocenters. The van der Waals surface area contributed by atoms with Crippen molar-refractivity contribution in [2.45, 2.75) is 49.7 Å². The fourth-order valence-corrected chi connectivity index (χ4v) is 1.39. The molecule has 2 rings (SSSR count). The molecular formula is C18H26O2S2. The summed E-state index contributed by atoms with van der Waals surface area (Å²) in [5.41, 5.74) is 2.56. The van der Waals surface area contributed by atoms with E-state index in [9.17, 15) is 0 Å². The minimum absolute atomic E-state index is 0.593. The molecule has 4 heteroatoms. The molecule has 0 amide bonds. The highest BCUT2D eigenvalue weighted by Crippen LogP contribution is 2.06. The van der Waals surface area contributed by atoms with E-state index in [2.05, 4.69) is 39.1 Å². The third-order valence-corrected chi connectivity index (χ3v) is 3.36. The van der Waals surface area contributed by atoms with Gasteiger partial charge in [0.15, 0.2) is 0 Å². The molecule has 2 unspecified atom stereocenters. The van der Waals surface area contributed by atoms with Gasteiger partial charge in [-0.15, -0.1) is 25.3 Å². The van der Waals surface area contributed by atoms with Gasteiger partial charge >= 0.3 is 0 Å². The molecule has 0 saturated heterocycles. The molecule has 0 aliphatic rings. The van der Waals surface area contributed by atoms with E-state index in [0.717, 1.165) is 9.79 Å². The summed E-state index contributed by atoms with van der Waals surface area (Å²) < 4.78 is 0. The van der Waals surface area contributed by atoms with Crippen molar-refractivity contribution in [3.05, 3.63) is 59.7 Å². The van der Waals surface area contributed by atoms with E-state index < -0.39 is 12.2 Å². The SMILES string of the molecule is CC(O)C(C)O.Cc1ccc(S)cc1.Cc1ccc(S)cc1. The normalized spacial score (nSPS) is 12.2. The summed E-state index contributed by atoms with van der Waals surface area (Å²) in [6, 6.07) is 16.1. The van der Waals surface area contributed by atoms with Gasteiger partial charge in [0.1, 0.15) is 0 Å². The third kappa shape index (κ3) is 11.7. The molecule has 0 radical (unpaired) electrons. The molecule has 0 saturated carbocycles. The molecule has 0 aromatic heterocycles. The summed E-state index contributed by atoms with van der Waals surface area (Å²) >= 11 is 8.26. The topological polar surface area (TPSA) is 40.5 Å². The first-order valence-electron chi connectivity index (χ1n) is 7.09. The molecule has 2 aromatic rings. The Hall–Kier alpha value is -0.940. The molecule has 0 fully saturated rings. The van der Waals surface area contributed by atoms with Crippen LogP contribution in [0, 0.1) is 13.8 Å². The number of hydrogen-bond acceptors (Lipinski definition) is 4. The fourth-order valence-electron chi connectivity index (χ4n) is 1.09. The molecule has 0 heterocycles. The maximum Gasteiger partial charge on any atom is 0.0768 e. The van der Waals surface area contributed by atoms with Crippen molar-refractivity contribution < 1.29 is 10.2 Å². The fraction of sp³-hybridized carbons (Fsp3) is 0.333. The van der Waals surface area contributed by atoms with Gasteiger partial charge in [-0.25, -0.2) is 0 Å². The molecule has 0 bridgehead atoms. The first-order chi connectivity index (χ1) is 10.2. The summed E-state index contributed by atoms with van der Waals surface area (Å²) in [5.74, 6) is 0. The second-order valence-electron chi connectivity index (χ2n) is 5.15. The van der Waals surface area contributed by atoms with Crippen LogP contribution in [0.2, 0.25) is 0 Å². The lowest BCUT2D eigenvalue weighted by molar-refractivity contribution is 0.0438. The summed E-state index contributed by atoms with van der Waals surface area (Å²) in [6.07, 6.45) is -1.19. The molecule has 22 heavy (non-hydrogen) atoms. The van der Waals surface area contributed by atoms with Crippen molar-refractivity contribution in [3.63, 3.8) is 0 Å². The lowest BCUT2D eigenvalue weighted by Crippen LogP contribution is -2.17. The first-order valence-corrected chi connectivity index (χ1v) is 7.99. The van der Waals surface area contributed by atoms with Gasteiger partial charge in [-0.2, -0.15) is 0 Å². The molecule has 0 aliphatic carbocycles. The zero-order chi connectivity index (χ0) is 17.1. The average Bonchev–Trinajstić information content (AvgIpc) is 2.46. The van der Waals surface area contributed by atoms with Gasteiger partial charge in [0, 0.05) is 9.79 Å². The van der Waals surface area contributed by atoms with Crippen LogP contribution in [-0.4, -0.2) is 22.4 Å². The average molecular weight is 339 g/mol. The Labute approximate surface area is 145 Å². The standard InChI is InChI=1S/2C7H8S.C4H10O2/c2*1-6-2-4-7(8)5-3-6;1-3(5)4(2)6/h2*2-5,8H,1H3;3-6H,1-2H3. The van der Waals surface area contributed by atoms with Crippen LogP contribution in [0.1, 0.15) is 25.0 Å². The first kappa shape index (κ1) is 21.1. The van der Waals surface area contributed by atoms with Crippen molar-refractivity contribution in [2.75, 3.05) is 0 Å². The molecule has 2 N–H and O–H groups in total. The number of aliphatic hydroxyl groups is 2. The Bertz CT molecular complexity index is 414. The monoisotopic (exact) mass is 338 g/mol. The van der Waals surface area contributed by atoms with E-state index >= 15 is 0 Å². The van der Waals surface area contributed by atoms with E-state index in [1.807, 2.05) is 48.5 Å². The Morgan fingerprint density at radius 2 is 0.864 bits per heavy atom. The van der Waals surface area contributed by atoms with Crippen molar-refractivity contribution in [3.8, 4) is 0 Å². The van der Waals surface area contributed by atoms with Crippen LogP contribution >= 0.6 is 25.3 Å². The van der Waals surface area contributed by atoms with E-state index in [-0.39, 0.29) is 0 Å². The molecule has 0 aliphatic heterocycles.